The molecule has 1 unspecified atom stereocenters. The van der Waals surface area contributed by atoms with Crippen LogP contribution in [0.3, 0.4) is 0 Å². The first-order chi connectivity index (χ1) is 8.60. The van der Waals surface area contributed by atoms with E-state index in [9.17, 15) is 9.59 Å². The molecule has 0 radical (unpaired) electrons. The Morgan fingerprint density at radius 1 is 1.21 bits per heavy atom. The lowest BCUT2D eigenvalue weighted by Crippen LogP contribution is -2.40. The van der Waals surface area contributed by atoms with Crippen LogP contribution in [0.15, 0.2) is 0 Å². The van der Waals surface area contributed by atoms with Crippen LogP contribution in [0.1, 0.15) is 47.5 Å². The van der Waals surface area contributed by atoms with Crippen LogP contribution in [-0.4, -0.2) is 34.5 Å². The number of carbonyl (C=O) groups excluding carboxylic acids is 1. The van der Waals surface area contributed by atoms with Gasteiger partial charge in [-0.05, 0) is 23.7 Å². The van der Waals surface area contributed by atoms with Crippen LogP contribution in [0.2, 0.25) is 0 Å². The van der Waals surface area contributed by atoms with E-state index < -0.39 is 11.9 Å². The predicted molar refractivity (Wildman–Crippen MR) is 72.6 cm³/mol. The first-order valence-electron chi connectivity index (χ1n) is 7.14. The van der Waals surface area contributed by atoms with Gasteiger partial charge in [-0.2, -0.15) is 0 Å². The summed E-state index contributed by atoms with van der Waals surface area (Å²) in [6.45, 7) is 10.5. The van der Waals surface area contributed by atoms with Crippen LogP contribution in [-0.2, 0) is 9.59 Å². The number of hydrogen-bond donors (Lipinski definition) is 1. The van der Waals surface area contributed by atoms with Crippen molar-refractivity contribution in [2.45, 2.75) is 53.5 Å². The fraction of sp³-hybridized carbons (Fsp3) is 0.867. The van der Waals surface area contributed by atoms with Gasteiger partial charge < -0.3 is 10.0 Å². The van der Waals surface area contributed by atoms with Crippen molar-refractivity contribution in [3.05, 3.63) is 0 Å². The molecule has 19 heavy (non-hydrogen) atoms. The number of aliphatic carboxylic acids is 1. The van der Waals surface area contributed by atoms with Gasteiger partial charge in [0.1, 0.15) is 0 Å². The van der Waals surface area contributed by atoms with Crippen LogP contribution in [0.25, 0.3) is 0 Å². The van der Waals surface area contributed by atoms with Crippen molar-refractivity contribution in [1.29, 1.82) is 0 Å². The van der Waals surface area contributed by atoms with Gasteiger partial charge in [0.2, 0.25) is 5.91 Å². The average molecular weight is 267 g/mol. The zero-order valence-electron chi connectivity index (χ0n) is 12.6. The molecule has 0 aromatic rings. The molecule has 0 aromatic heterocycles. The van der Waals surface area contributed by atoms with Gasteiger partial charge in [0.25, 0.3) is 0 Å². The van der Waals surface area contributed by atoms with Crippen molar-refractivity contribution in [3.63, 3.8) is 0 Å². The molecular weight excluding hydrogens is 242 g/mol. The van der Waals surface area contributed by atoms with Crippen LogP contribution >= 0.6 is 0 Å². The summed E-state index contributed by atoms with van der Waals surface area (Å²) in [6, 6.07) is 0.279. The molecule has 108 valence electrons. The smallest absolute Gasteiger partial charge is 0.308 e. The second-order valence-corrected chi connectivity index (χ2v) is 7.34. The molecule has 0 saturated heterocycles. The molecule has 2 aliphatic carbocycles. The Hall–Kier alpha value is -1.06. The van der Waals surface area contributed by atoms with Crippen molar-refractivity contribution in [3.8, 4) is 0 Å². The summed E-state index contributed by atoms with van der Waals surface area (Å²) in [6.07, 6.45) is 2.04. The van der Waals surface area contributed by atoms with Gasteiger partial charge in [0.05, 0.1) is 5.92 Å². The van der Waals surface area contributed by atoms with Gasteiger partial charge in [-0.15, -0.1) is 0 Å². The van der Waals surface area contributed by atoms with E-state index in [1.165, 1.54) is 0 Å². The molecule has 2 saturated carbocycles. The zero-order valence-corrected chi connectivity index (χ0v) is 12.6. The number of amides is 1. The minimum atomic E-state index is -0.826. The van der Waals surface area contributed by atoms with Gasteiger partial charge in [0, 0.05) is 18.5 Å². The van der Waals surface area contributed by atoms with Crippen molar-refractivity contribution in [2.75, 3.05) is 6.54 Å². The Morgan fingerprint density at radius 2 is 1.68 bits per heavy atom. The van der Waals surface area contributed by atoms with E-state index in [4.69, 9.17) is 5.11 Å². The fourth-order valence-corrected chi connectivity index (χ4v) is 3.16. The van der Waals surface area contributed by atoms with Gasteiger partial charge >= 0.3 is 5.97 Å². The summed E-state index contributed by atoms with van der Waals surface area (Å²) in [5.41, 5.74) is 0.0351. The minimum absolute atomic E-state index is 0.0175. The Kier molecular flexibility index (Phi) is 3.19. The molecule has 0 heterocycles. The Labute approximate surface area is 115 Å². The molecule has 0 spiro atoms. The molecule has 4 nitrogen and oxygen atoms in total. The van der Waals surface area contributed by atoms with Gasteiger partial charge in [0.15, 0.2) is 0 Å². The summed E-state index contributed by atoms with van der Waals surface area (Å²) in [5, 5.41) is 9.04. The molecule has 1 atom stereocenters. The first-order valence-corrected chi connectivity index (χ1v) is 7.14. The molecule has 1 N–H and O–H groups in total. The summed E-state index contributed by atoms with van der Waals surface area (Å²) in [4.78, 5) is 25.5. The van der Waals surface area contributed by atoms with Crippen LogP contribution in [0, 0.1) is 22.7 Å². The topological polar surface area (TPSA) is 57.6 Å². The summed E-state index contributed by atoms with van der Waals surface area (Å²) < 4.78 is 0. The average Bonchev–Trinajstić information content (AvgIpc) is 3.13. The van der Waals surface area contributed by atoms with Crippen LogP contribution in [0.5, 0.6) is 0 Å². The molecule has 2 fully saturated rings. The molecule has 0 aromatic carbocycles. The number of carbonyl (C=O) groups is 2. The second kappa shape index (κ2) is 4.22. The third-order valence-corrected chi connectivity index (χ3v) is 5.43. The highest BCUT2D eigenvalue weighted by Gasteiger charge is 2.69. The minimum Gasteiger partial charge on any atom is -0.481 e. The maximum atomic E-state index is 12.7. The quantitative estimate of drug-likeness (QED) is 0.832. The molecule has 2 rings (SSSR count). The fourth-order valence-electron chi connectivity index (χ4n) is 3.16. The van der Waals surface area contributed by atoms with E-state index in [2.05, 4.69) is 27.7 Å². The highest BCUT2D eigenvalue weighted by molar-refractivity contribution is 5.85. The largest absolute Gasteiger partial charge is 0.481 e. The molecule has 0 bridgehead atoms. The normalized spacial score (nSPS) is 25.7. The first kappa shape index (κ1) is 14.4. The molecule has 0 aliphatic heterocycles. The number of nitrogens with zero attached hydrogens (tertiary/aromatic N) is 1. The lowest BCUT2D eigenvalue weighted by Gasteiger charge is -2.25. The van der Waals surface area contributed by atoms with Gasteiger partial charge in [-0.25, -0.2) is 0 Å². The van der Waals surface area contributed by atoms with Crippen molar-refractivity contribution >= 4 is 11.9 Å². The maximum Gasteiger partial charge on any atom is 0.308 e. The SMILES string of the molecule is CC(CN(C(=O)C1C(C)(C)C1(C)C)C1CC1)C(=O)O. The third-order valence-electron chi connectivity index (χ3n) is 5.43. The Morgan fingerprint density at radius 3 is 2.00 bits per heavy atom. The number of carboxylic acids is 1. The summed E-state index contributed by atoms with van der Waals surface area (Å²) in [7, 11) is 0. The van der Waals surface area contributed by atoms with E-state index in [1.54, 1.807) is 6.92 Å². The maximum absolute atomic E-state index is 12.7. The van der Waals surface area contributed by atoms with Crippen LogP contribution < -0.4 is 0 Å². The molecule has 2 aliphatic rings. The Bertz CT molecular complexity index is 396. The summed E-state index contributed by atoms with van der Waals surface area (Å²) >= 11 is 0. The van der Waals surface area contributed by atoms with E-state index in [0.29, 0.717) is 6.54 Å². The van der Waals surface area contributed by atoms with Crippen molar-refractivity contribution < 1.29 is 14.7 Å². The zero-order chi connectivity index (χ0) is 14.6. The van der Waals surface area contributed by atoms with Crippen LogP contribution in [0.4, 0.5) is 0 Å². The number of carboxylic acid groups (broad SMARTS) is 1. The second-order valence-electron chi connectivity index (χ2n) is 7.34. The standard InChI is InChI=1S/C15H25NO3/c1-9(13(18)19)8-16(10-6-7-10)12(17)11-14(2,3)15(11,4)5/h9-11H,6-8H2,1-5H3,(H,18,19). The highest BCUT2D eigenvalue weighted by Crippen LogP contribution is 2.69. The molecule has 1 amide bonds. The van der Waals surface area contributed by atoms with Gasteiger partial charge in [-0.3, -0.25) is 9.59 Å². The monoisotopic (exact) mass is 267 g/mol. The van der Waals surface area contributed by atoms with E-state index in [1.807, 2.05) is 4.90 Å². The van der Waals surface area contributed by atoms with Crippen molar-refractivity contribution in [1.82, 2.24) is 4.90 Å². The predicted octanol–water partition coefficient (Wildman–Crippen LogP) is 2.38. The van der Waals surface area contributed by atoms with E-state index in [-0.39, 0.29) is 28.7 Å². The molecule has 4 heteroatoms. The lowest BCUT2D eigenvalue weighted by molar-refractivity contribution is -0.143. The van der Waals surface area contributed by atoms with Gasteiger partial charge in [-0.1, -0.05) is 34.6 Å². The lowest BCUT2D eigenvalue weighted by atomic mass is 10.0. The summed E-state index contributed by atoms with van der Waals surface area (Å²) in [5.74, 6) is -1.13. The van der Waals surface area contributed by atoms with Crippen molar-refractivity contribution in [2.24, 2.45) is 22.7 Å². The highest BCUT2D eigenvalue weighted by atomic mass is 16.4. The third kappa shape index (κ3) is 2.26. The molecular formula is C15H25NO3. The van der Waals surface area contributed by atoms with E-state index in [0.717, 1.165) is 12.8 Å². The van der Waals surface area contributed by atoms with E-state index >= 15 is 0 Å². The number of hydrogen-bond acceptors (Lipinski definition) is 2. The Balaban J connectivity index is 2.09. The number of rotatable bonds is 5.